The van der Waals surface area contributed by atoms with Gasteiger partial charge in [-0.05, 0) is 34.9 Å². The summed E-state index contributed by atoms with van der Waals surface area (Å²) < 4.78 is 19.3. The van der Waals surface area contributed by atoms with Crippen molar-refractivity contribution in [2.24, 2.45) is 0 Å². The van der Waals surface area contributed by atoms with Gasteiger partial charge in [-0.25, -0.2) is 4.39 Å². The molecule has 0 saturated carbocycles. The second-order valence-electron chi connectivity index (χ2n) is 5.72. The Morgan fingerprint density at radius 1 is 0.833 bits per heavy atom. The van der Waals surface area contributed by atoms with E-state index in [4.69, 9.17) is 4.74 Å². The zero-order valence-electron chi connectivity index (χ0n) is 13.4. The summed E-state index contributed by atoms with van der Waals surface area (Å²) >= 11 is 0. The molecule has 0 amide bonds. The van der Waals surface area contributed by atoms with E-state index in [1.807, 2.05) is 42.5 Å². The molecule has 1 N–H and O–H groups in total. The number of rotatable bonds is 5. The minimum atomic E-state index is -1.32. The summed E-state index contributed by atoms with van der Waals surface area (Å²) in [4.78, 5) is 0. The highest BCUT2D eigenvalue weighted by molar-refractivity contribution is 5.41. The van der Waals surface area contributed by atoms with Gasteiger partial charge in [0, 0.05) is 6.42 Å². The van der Waals surface area contributed by atoms with Crippen LogP contribution in [0.3, 0.4) is 0 Å². The van der Waals surface area contributed by atoms with Crippen molar-refractivity contribution in [2.45, 2.75) is 12.0 Å². The largest absolute Gasteiger partial charge is 0.497 e. The van der Waals surface area contributed by atoms with Crippen molar-refractivity contribution in [3.63, 3.8) is 0 Å². The second-order valence-corrected chi connectivity index (χ2v) is 5.72. The number of ether oxygens (including phenoxy) is 1. The summed E-state index contributed by atoms with van der Waals surface area (Å²) in [5, 5.41) is 11.5. The van der Waals surface area contributed by atoms with Gasteiger partial charge in [-0.15, -0.1) is 0 Å². The summed E-state index contributed by atoms with van der Waals surface area (Å²) in [7, 11) is 1.59. The van der Waals surface area contributed by atoms with Gasteiger partial charge in [-0.1, -0.05) is 60.7 Å². The molecular formula is C21H19FO2. The molecule has 0 aliphatic heterocycles. The Morgan fingerprint density at radius 3 is 2.04 bits per heavy atom. The van der Waals surface area contributed by atoms with Gasteiger partial charge in [0.2, 0.25) is 0 Å². The lowest BCUT2D eigenvalue weighted by molar-refractivity contribution is 0.0801. The van der Waals surface area contributed by atoms with Crippen LogP contribution in [0.5, 0.6) is 5.75 Å². The summed E-state index contributed by atoms with van der Waals surface area (Å²) in [5.74, 6) is 0.389. The maximum atomic E-state index is 14.1. The molecule has 122 valence electrons. The highest BCUT2D eigenvalue weighted by atomic mass is 19.1. The Kier molecular flexibility index (Phi) is 4.63. The average Bonchev–Trinajstić information content (AvgIpc) is 2.64. The molecule has 0 saturated heterocycles. The third kappa shape index (κ3) is 3.17. The van der Waals surface area contributed by atoms with Gasteiger partial charge < -0.3 is 9.84 Å². The Labute approximate surface area is 141 Å². The lowest BCUT2D eigenvalue weighted by Gasteiger charge is -2.30. The van der Waals surface area contributed by atoms with E-state index in [1.165, 1.54) is 6.07 Å². The predicted molar refractivity (Wildman–Crippen MR) is 92.5 cm³/mol. The fourth-order valence-electron chi connectivity index (χ4n) is 2.87. The number of hydrogen-bond donors (Lipinski definition) is 1. The van der Waals surface area contributed by atoms with Gasteiger partial charge in [0.05, 0.1) is 7.11 Å². The molecule has 0 fully saturated rings. The normalized spacial score (nSPS) is 13.3. The molecule has 0 radical (unpaired) electrons. The van der Waals surface area contributed by atoms with E-state index in [0.29, 0.717) is 16.9 Å². The van der Waals surface area contributed by atoms with Crippen LogP contribution in [-0.4, -0.2) is 12.2 Å². The highest BCUT2D eigenvalue weighted by Gasteiger charge is 2.32. The zero-order chi connectivity index (χ0) is 17.0. The first kappa shape index (κ1) is 16.2. The van der Waals surface area contributed by atoms with Crippen LogP contribution < -0.4 is 4.74 Å². The number of benzene rings is 3. The van der Waals surface area contributed by atoms with E-state index in [1.54, 1.807) is 37.4 Å². The number of halogens is 1. The van der Waals surface area contributed by atoms with Crippen LogP contribution in [0.15, 0.2) is 78.9 Å². The van der Waals surface area contributed by atoms with E-state index in [-0.39, 0.29) is 12.2 Å². The fourth-order valence-corrected chi connectivity index (χ4v) is 2.87. The van der Waals surface area contributed by atoms with Crippen LogP contribution in [0.2, 0.25) is 0 Å². The van der Waals surface area contributed by atoms with Gasteiger partial charge in [0.25, 0.3) is 0 Å². The Morgan fingerprint density at radius 2 is 1.42 bits per heavy atom. The van der Waals surface area contributed by atoms with Crippen molar-refractivity contribution in [2.75, 3.05) is 7.11 Å². The number of methoxy groups -OCH3 is 1. The maximum absolute atomic E-state index is 14.1. The molecular weight excluding hydrogens is 303 g/mol. The minimum absolute atomic E-state index is 0.149. The van der Waals surface area contributed by atoms with Gasteiger partial charge in [-0.2, -0.15) is 0 Å². The molecule has 0 heterocycles. The molecule has 0 spiro atoms. The summed E-state index contributed by atoms with van der Waals surface area (Å²) in [6, 6.07) is 23.1. The first-order valence-corrected chi connectivity index (χ1v) is 7.79. The standard InChI is InChI=1S/C21H19FO2/c1-24-19-13-11-18(12-14-19)21(23,17-8-3-2-4-9-17)15-16-7-5-6-10-20(16)22/h2-14,23H,15H2,1H3. The lowest BCUT2D eigenvalue weighted by Crippen LogP contribution is -2.30. The van der Waals surface area contributed by atoms with Gasteiger partial charge in [-0.3, -0.25) is 0 Å². The molecule has 0 aliphatic rings. The van der Waals surface area contributed by atoms with E-state index in [9.17, 15) is 9.50 Å². The lowest BCUT2D eigenvalue weighted by atomic mass is 9.81. The van der Waals surface area contributed by atoms with E-state index < -0.39 is 5.60 Å². The highest BCUT2D eigenvalue weighted by Crippen LogP contribution is 2.34. The molecule has 0 aliphatic carbocycles. The summed E-state index contributed by atoms with van der Waals surface area (Å²) in [6.45, 7) is 0. The predicted octanol–water partition coefficient (Wildman–Crippen LogP) is 4.31. The average molecular weight is 322 g/mol. The van der Waals surface area contributed by atoms with Crippen LogP contribution in [0, 0.1) is 5.82 Å². The third-order valence-electron chi connectivity index (χ3n) is 4.22. The first-order chi connectivity index (χ1) is 11.6. The van der Waals surface area contributed by atoms with Crippen molar-refractivity contribution >= 4 is 0 Å². The van der Waals surface area contributed by atoms with Crippen molar-refractivity contribution < 1.29 is 14.2 Å². The Balaban J connectivity index is 2.08. The zero-order valence-corrected chi connectivity index (χ0v) is 13.4. The van der Waals surface area contributed by atoms with Crippen molar-refractivity contribution in [3.05, 3.63) is 101 Å². The van der Waals surface area contributed by atoms with E-state index in [2.05, 4.69) is 0 Å². The van der Waals surface area contributed by atoms with E-state index in [0.717, 1.165) is 5.56 Å². The first-order valence-electron chi connectivity index (χ1n) is 7.79. The molecule has 2 nitrogen and oxygen atoms in total. The SMILES string of the molecule is COc1ccc(C(O)(Cc2ccccc2F)c2ccccc2)cc1. The Hall–Kier alpha value is -2.65. The molecule has 3 heteroatoms. The van der Waals surface area contributed by atoms with Crippen LogP contribution in [0.25, 0.3) is 0 Å². The van der Waals surface area contributed by atoms with Gasteiger partial charge in [0.15, 0.2) is 0 Å². The van der Waals surface area contributed by atoms with Crippen molar-refractivity contribution in [3.8, 4) is 5.75 Å². The molecule has 3 aromatic carbocycles. The molecule has 1 unspecified atom stereocenters. The molecule has 24 heavy (non-hydrogen) atoms. The van der Waals surface area contributed by atoms with Crippen LogP contribution in [-0.2, 0) is 12.0 Å². The van der Waals surface area contributed by atoms with Crippen LogP contribution in [0.4, 0.5) is 4.39 Å². The summed E-state index contributed by atoms with van der Waals surface area (Å²) in [6.07, 6.45) is 0.149. The molecule has 0 bridgehead atoms. The molecule has 1 atom stereocenters. The monoisotopic (exact) mass is 322 g/mol. The second kappa shape index (κ2) is 6.85. The number of hydrogen-bond acceptors (Lipinski definition) is 2. The maximum Gasteiger partial charge on any atom is 0.126 e. The van der Waals surface area contributed by atoms with Gasteiger partial charge >= 0.3 is 0 Å². The number of aliphatic hydroxyl groups is 1. The molecule has 3 rings (SSSR count). The quantitative estimate of drug-likeness (QED) is 0.758. The topological polar surface area (TPSA) is 29.5 Å². The smallest absolute Gasteiger partial charge is 0.126 e. The van der Waals surface area contributed by atoms with Crippen LogP contribution >= 0.6 is 0 Å². The third-order valence-corrected chi connectivity index (χ3v) is 4.22. The van der Waals surface area contributed by atoms with Gasteiger partial charge in [0.1, 0.15) is 17.2 Å². The van der Waals surface area contributed by atoms with E-state index >= 15 is 0 Å². The van der Waals surface area contributed by atoms with Crippen molar-refractivity contribution in [1.29, 1.82) is 0 Å². The molecule has 3 aromatic rings. The van der Waals surface area contributed by atoms with Crippen LogP contribution in [0.1, 0.15) is 16.7 Å². The minimum Gasteiger partial charge on any atom is -0.497 e. The fraction of sp³-hybridized carbons (Fsp3) is 0.143. The Bertz CT molecular complexity index is 800. The summed E-state index contributed by atoms with van der Waals surface area (Å²) in [5.41, 5.74) is 0.561. The van der Waals surface area contributed by atoms with Crippen molar-refractivity contribution in [1.82, 2.24) is 0 Å². The molecule has 0 aromatic heterocycles.